The minimum Gasteiger partial charge on any atom is -0.355 e. The van der Waals surface area contributed by atoms with Crippen LogP contribution in [0.5, 0.6) is 0 Å². The van der Waals surface area contributed by atoms with Crippen molar-refractivity contribution in [2.75, 3.05) is 12.3 Å². The van der Waals surface area contributed by atoms with E-state index in [0.717, 1.165) is 11.1 Å². The summed E-state index contributed by atoms with van der Waals surface area (Å²) in [7, 11) is 0. The second kappa shape index (κ2) is 11.6. The second-order valence-electron chi connectivity index (χ2n) is 6.64. The van der Waals surface area contributed by atoms with E-state index >= 15 is 0 Å². The number of nitro groups is 1. The summed E-state index contributed by atoms with van der Waals surface area (Å²) in [6, 6.07) is 12.8. The van der Waals surface area contributed by atoms with Gasteiger partial charge in [-0.05, 0) is 37.1 Å². The van der Waals surface area contributed by atoms with Crippen LogP contribution in [-0.4, -0.2) is 40.0 Å². The smallest absolute Gasteiger partial charge is 0.269 e. The number of hydrogen-bond donors (Lipinski definition) is 1. The lowest BCUT2D eigenvalue weighted by atomic mass is 10.1. The Kier molecular flexibility index (Phi) is 9.14. The lowest BCUT2D eigenvalue weighted by Crippen LogP contribution is -2.48. The van der Waals surface area contributed by atoms with E-state index in [-0.39, 0.29) is 29.8 Å². The molecule has 2 aromatic carbocycles. The SMILES string of the molecule is CCNC(=O)[C@@H](C)N(Cc1cccc(Cl)c1)C(=O)CSCc1ccc([N+](=O)[O-])cc1. The van der Waals surface area contributed by atoms with E-state index in [4.69, 9.17) is 11.6 Å². The Bertz CT molecular complexity index is 892. The molecule has 0 aliphatic carbocycles. The predicted molar refractivity (Wildman–Crippen MR) is 119 cm³/mol. The van der Waals surface area contributed by atoms with Gasteiger partial charge in [-0.15, -0.1) is 11.8 Å². The van der Waals surface area contributed by atoms with Crippen molar-refractivity contribution in [1.82, 2.24) is 10.2 Å². The fraction of sp³-hybridized carbons (Fsp3) is 0.333. The predicted octanol–water partition coefficient (Wildman–Crippen LogP) is 4.03. The van der Waals surface area contributed by atoms with Crippen LogP contribution < -0.4 is 5.32 Å². The molecular formula is C21H24ClN3O4S. The lowest BCUT2D eigenvalue weighted by molar-refractivity contribution is -0.384. The topological polar surface area (TPSA) is 92.6 Å². The van der Waals surface area contributed by atoms with E-state index in [0.29, 0.717) is 17.3 Å². The maximum absolute atomic E-state index is 12.9. The number of carbonyl (C=O) groups excluding carboxylic acids is 2. The van der Waals surface area contributed by atoms with Gasteiger partial charge in [0.1, 0.15) is 6.04 Å². The van der Waals surface area contributed by atoms with E-state index < -0.39 is 11.0 Å². The summed E-state index contributed by atoms with van der Waals surface area (Å²) in [5.74, 6) is 0.333. The highest BCUT2D eigenvalue weighted by atomic mass is 35.5. The summed E-state index contributed by atoms with van der Waals surface area (Å²) in [5, 5.41) is 14.1. The summed E-state index contributed by atoms with van der Waals surface area (Å²) in [6.45, 7) is 4.29. The van der Waals surface area contributed by atoms with E-state index in [9.17, 15) is 19.7 Å². The Labute approximate surface area is 184 Å². The van der Waals surface area contributed by atoms with Gasteiger partial charge in [0.15, 0.2) is 0 Å². The highest BCUT2D eigenvalue weighted by Crippen LogP contribution is 2.19. The molecule has 0 saturated heterocycles. The van der Waals surface area contributed by atoms with Crippen molar-refractivity contribution in [3.63, 3.8) is 0 Å². The number of thioether (sulfide) groups is 1. The number of benzene rings is 2. The summed E-state index contributed by atoms with van der Waals surface area (Å²) >= 11 is 7.45. The molecule has 0 aliphatic heterocycles. The molecule has 2 rings (SSSR count). The van der Waals surface area contributed by atoms with Crippen molar-refractivity contribution in [2.24, 2.45) is 0 Å². The molecule has 0 radical (unpaired) electrons. The van der Waals surface area contributed by atoms with Crippen molar-refractivity contribution in [2.45, 2.75) is 32.2 Å². The Balaban J connectivity index is 2.03. The molecular weight excluding hydrogens is 426 g/mol. The summed E-state index contributed by atoms with van der Waals surface area (Å²) in [6.07, 6.45) is 0. The van der Waals surface area contributed by atoms with Gasteiger partial charge >= 0.3 is 0 Å². The van der Waals surface area contributed by atoms with E-state index in [1.165, 1.54) is 23.9 Å². The normalized spacial score (nSPS) is 11.6. The number of nitrogens with zero attached hydrogens (tertiary/aromatic N) is 2. The van der Waals surface area contributed by atoms with Crippen molar-refractivity contribution >= 4 is 40.9 Å². The number of carbonyl (C=O) groups is 2. The van der Waals surface area contributed by atoms with Crippen molar-refractivity contribution in [3.8, 4) is 0 Å². The van der Waals surface area contributed by atoms with Crippen LogP contribution in [0.4, 0.5) is 5.69 Å². The van der Waals surface area contributed by atoms with Crippen molar-refractivity contribution in [3.05, 3.63) is 74.8 Å². The summed E-state index contributed by atoms with van der Waals surface area (Å²) in [5.41, 5.74) is 1.76. The van der Waals surface area contributed by atoms with Crippen molar-refractivity contribution < 1.29 is 14.5 Å². The van der Waals surface area contributed by atoms with Gasteiger partial charge in [0.25, 0.3) is 5.69 Å². The van der Waals surface area contributed by atoms with Crippen molar-refractivity contribution in [1.29, 1.82) is 0 Å². The number of likely N-dealkylation sites (N-methyl/N-ethyl adjacent to an activating group) is 1. The number of halogens is 1. The zero-order valence-electron chi connectivity index (χ0n) is 16.8. The molecule has 160 valence electrons. The van der Waals surface area contributed by atoms with Gasteiger partial charge in [-0.3, -0.25) is 19.7 Å². The number of nitro benzene ring substituents is 1. The zero-order chi connectivity index (χ0) is 22.1. The second-order valence-corrected chi connectivity index (χ2v) is 8.06. The molecule has 0 aromatic heterocycles. The Hall–Kier alpha value is -2.58. The molecule has 0 unspecified atom stereocenters. The van der Waals surface area contributed by atoms with E-state index in [2.05, 4.69) is 5.32 Å². The van der Waals surface area contributed by atoms with E-state index in [1.807, 2.05) is 13.0 Å². The average Bonchev–Trinajstić information content (AvgIpc) is 2.72. The molecule has 0 heterocycles. The van der Waals surface area contributed by atoms with Gasteiger partial charge < -0.3 is 10.2 Å². The molecule has 0 spiro atoms. The molecule has 0 saturated carbocycles. The Morgan fingerprint density at radius 1 is 1.20 bits per heavy atom. The fourth-order valence-electron chi connectivity index (χ4n) is 2.79. The first-order valence-corrected chi connectivity index (χ1v) is 11.0. The van der Waals surface area contributed by atoms with Gasteiger partial charge in [0, 0.05) is 36.0 Å². The van der Waals surface area contributed by atoms with Gasteiger partial charge in [-0.1, -0.05) is 35.9 Å². The Morgan fingerprint density at radius 2 is 1.90 bits per heavy atom. The van der Waals surface area contributed by atoms with Gasteiger partial charge in [0.05, 0.1) is 10.7 Å². The van der Waals surface area contributed by atoms with Gasteiger partial charge in [0.2, 0.25) is 11.8 Å². The fourth-order valence-corrected chi connectivity index (χ4v) is 3.87. The van der Waals surface area contributed by atoms with Crippen LogP contribution in [0.3, 0.4) is 0 Å². The van der Waals surface area contributed by atoms with Crippen LogP contribution in [0.2, 0.25) is 5.02 Å². The molecule has 2 aromatic rings. The zero-order valence-corrected chi connectivity index (χ0v) is 18.4. The molecule has 1 atom stereocenters. The monoisotopic (exact) mass is 449 g/mol. The highest BCUT2D eigenvalue weighted by Gasteiger charge is 2.25. The molecule has 30 heavy (non-hydrogen) atoms. The third-order valence-corrected chi connectivity index (χ3v) is 5.63. The van der Waals surface area contributed by atoms with Crippen LogP contribution in [-0.2, 0) is 21.9 Å². The molecule has 0 bridgehead atoms. The summed E-state index contributed by atoms with van der Waals surface area (Å²) < 4.78 is 0. The third-order valence-electron chi connectivity index (χ3n) is 4.40. The first kappa shape index (κ1) is 23.7. The molecule has 0 fully saturated rings. The molecule has 2 amide bonds. The maximum Gasteiger partial charge on any atom is 0.269 e. The van der Waals surface area contributed by atoms with Crippen LogP contribution in [0.1, 0.15) is 25.0 Å². The number of non-ortho nitro benzene ring substituents is 1. The standard InChI is InChI=1S/C21H24ClN3O4S/c1-3-23-21(27)15(2)24(12-17-5-4-6-18(22)11-17)20(26)14-30-13-16-7-9-19(10-8-16)25(28)29/h4-11,15H,3,12-14H2,1-2H3,(H,23,27)/t15-/m1/s1. The molecule has 1 N–H and O–H groups in total. The van der Waals surface area contributed by atoms with Gasteiger partial charge in [-0.2, -0.15) is 0 Å². The maximum atomic E-state index is 12.9. The first-order valence-electron chi connectivity index (χ1n) is 9.44. The van der Waals surface area contributed by atoms with Crippen LogP contribution in [0.25, 0.3) is 0 Å². The minimum absolute atomic E-state index is 0.0308. The number of hydrogen-bond acceptors (Lipinski definition) is 5. The quantitative estimate of drug-likeness (QED) is 0.436. The molecule has 0 aliphatic rings. The molecule has 9 heteroatoms. The largest absolute Gasteiger partial charge is 0.355 e. The Morgan fingerprint density at radius 3 is 2.50 bits per heavy atom. The van der Waals surface area contributed by atoms with Crippen LogP contribution >= 0.6 is 23.4 Å². The van der Waals surface area contributed by atoms with Crippen LogP contribution in [0.15, 0.2) is 48.5 Å². The van der Waals surface area contributed by atoms with Crippen LogP contribution in [0, 0.1) is 10.1 Å². The third kappa shape index (κ3) is 7.03. The van der Waals surface area contributed by atoms with E-state index in [1.54, 1.807) is 42.2 Å². The lowest BCUT2D eigenvalue weighted by Gasteiger charge is -2.28. The average molecular weight is 450 g/mol. The first-order chi connectivity index (χ1) is 14.3. The summed E-state index contributed by atoms with van der Waals surface area (Å²) in [4.78, 5) is 37.1. The highest BCUT2D eigenvalue weighted by molar-refractivity contribution is 7.99. The number of nitrogens with one attached hydrogen (secondary N) is 1. The number of rotatable bonds is 10. The minimum atomic E-state index is -0.628. The molecule has 7 nitrogen and oxygen atoms in total. The van der Waals surface area contributed by atoms with Gasteiger partial charge in [-0.25, -0.2) is 0 Å². The number of amides is 2.